The first kappa shape index (κ1) is 13.5. The maximum absolute atomic E-state index is 10.9. The summed E-state index contributed by atoms with van der Waals surface area (Å²) in [7, 11) is 2.09. The molecular weight excluding hydrogens is 246 g/mol. The van der Waals surface area contributed by atoms with Crippen molar-refractivity contribution in [1.29, 1.82) is 0 Å². The van der Waals surface area contributed by atoms with Gasteiger partial charge in [0.25, 0.3) is 5.69 Å². The predicted molar refractivity (Wildman–Crippen MR) is 74.2 cm³/mol. The largest absolute Gasteiger partial charge is 0.383 e. The molecule has 7 nitrogen and oxygen atoms in total. The van der Waals surface area contributed by atoms with Crippen molar-refractivity contribution in [3.63, 3.8) is 0 Å². The molecule has 0 radical (unpaired) electrons. The van der Waals surface area contributed by atoms with E-state index in [1.165, 1.54) is 12.1 Å². The van der Waals surface area contributed by atoms with Gasteiger partial charge in [0, 0.05) is 25.2 Å². The van der Waals surface area contributed by atoms with Crippen LogP contribution in [0.1, 0.15) is 13.8 Å². The van der Waals surface area contributed by atoms with E-state index in [4.69, 9.17) is 5.73 Å². The van der Waals surface area contributed by atoms with E-state index in [-0.39, 0.29) is 11.5 Å². The third-order valence-electron chi connectivity index (χ3n) is 3.71. The second kappa shape index (κ2) is 5.00. The minimum Gasteiger partial charge on any atom is -0.383 e. The average molecular weight is 265 g/mol. The molecule has 1 saturated heterocycles. The van der Waals surface area contributed by atoms with E-state index in [0.29, 0.717) is 17.9 Å². The van der Waals surface area contributed by atoms with E-state index < -0.39 is 4.92 Å². The number of nitrogens with zero attached hydrogens (tertiary/aromatic N) is 4. The molecule has 104 valence electrons. The van der Waals surface area contributed by atoms with Crippen LogP contribution in [-0.2, 0) is 0 Å². The van der Waals surface area contributed by atoms with Crippen LogP contribution in [0.25, 0.3) is 0 Å². The van der Waals surface area contributed by atoms with Gasteiger partial charge in [0.15, 0.2) is 0 Å². The highest BCUT2D eigenvalue weighted by Gasteiger charge is 2.28. The van der Waals surface area contributed by atoms with Gasteiger partial charge in [-0.25, -0.2) is 4.98 Å². The number of anilines is 2. The van der Waals surface area contributed by atoms with E-state index in [1.807, 2.05) is 0 Å². The molecule has 7 heteroatoms. The van der Waals surface area contributed by atoms with Crippen LogP contribution in [0.15, 0.2) is 12.1 Å². The SMILES string of the molecule is CC1CN(c2cc([N+](=O)[O-])cc(N)n2)CC(C)N1C. The monoisotopic (exact) mass is 265 g/mol. The minimum atomic E-state index is -0.440. The summed E-state index contributed by atoms with van der Waals surface area (Å²) in [4.78, 5) is 19.0. The molecule has 1 aromatic heterocycles. The number of hydrogen-bond acceptors (Lipinski definition) is 6. The van der Waals surface area contributed by atoms with Crippen LogP contribution in [-0.4, -0.2) is 47.0 Å². The van der Waals surface area contributed by atoms with Crippen molar-refractivity contribution in [1.82, 2.24) is 9.88 Å². The van der Waals surface area contributed by atoms with Crippen molar-refractivity contribution in [3.05, 3.63) is 22.2 Å². The molecule has 2 unspecified atom stereocenters. The second-order valence-electron chi connectivity index (χ2n) is 5.13. The first-order chi connectivity index (χ1) is 8.88. The first-order valence-electron chi connectivity index (χ1n) is 6.27. The highest BCUT2D eigenvalue weighted by molar-refractivity contribution is 5.54. The van der Waals surface area contributed by atoms with Gasteiger partial charge in [-0.15, -0.1) is 0 Å². The van der Waals surface area contributed by atoms with Gasteiger partial charge in [-0.05, 0) is 20.9 Å². The molecule has 1 aromatic rings. The smallest absolute Gasteiger partial charge is 0.276 e. The third-order valence-corrected chi connectivity index (χ3v) is 3.71. The zero-order valence-electron chi connectivity index (χ0n) is 11.4. The van der Waals surface area contributed by atoms with E-state index in [2.05, 4.69) is 35.7 Å². The highest BCUT2D eigenvalue weighted by atomic mass is 16.6. The standard InChI is InChI=1S/C12H19N5O2/c1-8-6-16(7-9(2)15(8)3)12-5-10(17(18)19)4-11(13)14-12/h4-5,8-9H,6-7H2,1-3H3,(H2,13,14). The number of rotatable bonds is 2. The van der Waals surface area contributed by atoms with Crippen molar-refractivity contribution in [2.75, 3.05) is 30.8 Å². The van der Waals surface area contributed by atoms with Gasteiger partial charge >= 0.3 is 0 Å². The fourth-order valence-electron chi connectivity index (χ4n) is 2.38. The molecule has 2 N–H and O–H groups in total. The summed E-state index contributed by atoms with van der Waals surface area (Å²) in [5.41, 5.74) is 5.64. The Morgan fingerprint density at radius 3 is 2.47 bits per heavy atom. The van der Waals surface area contributed by atoms with Gasteiger partial charge in [-0.1, -0.05) is 0 Å². The number of nitro groups is 1. The van der Waals surface area contributed by atoms with Crippen LogP contribution < -0.4 is 10.6 Å². The molecule has 2 heterocycles. The molecule has 1 aliphatic rings. The molecule has 0 bridgehead atoms. The predicted octanol–water partition coefficient (Wildman–Crippen LogP) is 1.10. The number of hydrogen-bond donors (Lipinski definition) is 1. The number of pyridine rings is 1. The normalized spacial score (nSPS) is 24.5. The molecule has 1 fully saturated rings. The van der Waals surface area contributed by atoms with Gasteiger partial charge in [0.1, 0.15) is 11.6 Å². The highest BCUT2D eigenvalue weighted by Crippen LogP contribution is 2.25. The lowest BCUT2D eigenvalue weighted by molar-refractivity contribution is -0.384. The van der Waals surface area contributed by atoms with Crippen molar-refractivity contribution in [2.24, 2.45) is 0 Å². The minimum absolute atomic E-state index is 0.0123. The average Bonchev–Trinajstić information content (AvgIpc) is 2.34. The van der Waals surface area contributed by atoms with E-state index >= 15 is 0 Å². The Bertz CT molecular complexity index is 481. The first-order valence-corrected chi connectivity index (χ1v) is 6.27. The van der Waals surface area contributed by atoms with Gasteiger partial charge < -0.3 is 10.6 Å². The molecule has 2 rings (SSSR count). The summed E-state index contributed by atoms with van der Waals surface area (Å²) in [6.45, 7) is 5.83. The Labute approximate surface area is 112 Å². The molecule has 0 aromatic carbocycles. The quantitative estimate of drug-likeness (QED) is 0.636. The third kappa shape index (κ3) is 2.76. The van der Waals surface area contributed by atoms with E-state index in [1.54, 1.807) is 0 Å². The fraction of sp³-hybridized carbons (Fsp3) is 0.583. The summed E-state index contributed by atoms with van der Waals surface area (Å²) in [5.74, 6) is 0.766. The second-order valence-corrected chi connectivity index (χ2v) is 5.13. The van der Waals surface area contributed by atoms with Crippen LogP contribution in [0.4, 0.5) is 17.3 Å². The Kier molecular flexibility index (Phi) is 3.57. The Balaban J connectivity index is 2.29. The molecular formula is C12H19N5O2. The molecule has 0 saturated carbocycles. The number of nitrogen functional groups attached to an aromatic ring is 1. The summed E-state index contributed by atoms with van der Waals surface area (Å²) in [6, 6.07) is 3.50. The topological polar surface area (TPSA) is 88.5 Å². The van der Waals surface area contributed by atoms with Crippen LogP contribution >= 0.6 is 0 Å². The molecule has 0 spiro atoms. The van der Waals surface area contributed by atoms with Crippen LogP contribution in [0.3, 0.4) is 0 Å². The van der Waals surface area contributed by atoms with Gasteiger partial charge in [0.05, 0.1) is 17.1 Å². The fourth-order valence-corrected chi connectivity index (χ4v) is 2.38. The summed E-state index contributed by atoms with van der Waals surface area (Å²) in [6.07, 6.45) is 0. The van der Waals surface area contributed by atoms with Crippen molar-refractivity contribution >= 4 is 17.3 Å². The number of nitrogens with two attached hydrogens (primary N) is 1. The van der Waals surface area contributed by atoms with Crippen LogP contribution in [0.5, 0.6) is 0 Å². The van der Waals surface area contributed by atoms with Gasteiger partial charge in [0.2, 0.25) is 0 Å². The van der Waals surface area contributed by atoms with E-state index in [9.17, 15) is 10.1 Å². The zero-order valence-corrected chi connectivity index (χ0v) is 11.4. The lowest BCUT2D eigenvalue weighted by Gasteiger charge is -2.42. The van der Waals surface area contributed by atoms with Crippen LogP contribution in [0, 0.1) is 10.1 Å². The van der Waals surface area contributed by atoms with E-state index in [0.717, 1.165) is 13.1 Å². The van der Waals surface area contributed by atoms with Crippen molar-refractivity contribution < 1.29 is 4.92 Å². The van der Waals surface area contributed by atoms with Crippen LogP contribution in [0.2, 0.25) is 0 Å². The number of aromatic nitrogens is 1. The molecule has 0 amide bonds. The van der Waals surface area contributed by atoms with Crippen molar-refractivity contribution in [2.45, 2.75) is 25.9 Å². The van der Waals surface area contributed by atoms with Gasteiger partial charge in [-0.3, -0.25) is 15.0 Å². The molecule has 1 aliphatic heterocycles. The molecule has 0 aliphatic carbocycles. The number of piperazine rings is 1. The Hall–Kier alpha value is -1.89. The zero-order chi connectivity index (χ0) is 14.2. The Morgan fingerprint density at radius 1 is 1.37 bits per heavy atom. The lowest BCUT2D eigenvalue weighted by Crippen LogP contribution is -2.55. The Morgan fingerprint density at radius 2 is 1.95 bits per heavy atom. The van der Waals surface area contributed by atoms with Gasteiger partial charge in [-0.2, -0.15) is 0 Å². The number of likely N-dealkylation sites (N-methyl/N-ethyl adjacent to an activating group) is 1. The van der Waals surface area contributed by atoms with Crippen molar-refractivity contribution in [3.8, 4) is 0 Å². The molecule has 2 atom stereocenters. The maximum Gasteiger partial charge on any atom is 0.276 e. The maximum atomic E-state index is 10.9. The summed E-state index contributed by atoms with van der Waals surface area (Å²) < 4.78 is 0. The lowest BCUT2D eigenvalue weighted by atomic mass is 10.1. The molecule has 19 heavy (non-hydrogen) atoms. The summed E-state index contributed by atoms with van der Waals surface area (Å²) >= 11 is 0. The summed E-state index contributed by atoms with van der Waals surface area (Å²) in [5, 5.41) is 10.9.